The molecule has 3 aromatic rings. The molecule has 188 valence electrons. The van der Waals surface area contributed by atoms with Crippen molar-refractivity contribution in [1.82, 2.24) is 15.3 Å². The zero-order chi connectivity index (χ0) is 26.2. The van der Waals surface area contributed by atoms with Gasteiger partial charge in [-0.2, -0.15) is 10.2 Å². The Morgan fingerprint density at radius 3 is 2.19 bits per heavy atom. The number of methoxy groups -OCH3 is 3. The molecule has 0 aliphatic carbocycles. The fourth-order valence-electron chi connectivity index (χ4n) is 3.40. The van der Waals surface area contributed by atoms with Crippen LogP contribution in [0.25, 0.3) is 0 Å². The summed E-state index contributed by atoms with van der Waals surface area (Å²) in [6, 6.07) is 11.5. The van der Waals surface area contributed by atoms with Gasteiger partial charge in [0, 0.05) is 12.1 Å². The molecule has 0 aliphatic heterocycles. The summed E-state index contributed by atoms with van der Waals surface area (Å²) < 4.78 is 30.5. The van der Waals surface area contributed by atoms with E-state index in [9.17, 15) is 15.2 Å². The molecule has 2 aromatic heterocycles. The molecule has 0 saturated heterocycles. The van der Waals surface area contributed by atoms with Gasteiger partial charge in [0.05, 0.1) is 44.7 Å². The SMILES string of the molecule is COc1ccc([C@H](Nc2nc(Nc3cc(OC)nc(OC)c3)c(C#N)cc2F)[C@H](C)NC(=O)O)cc1. The van der Waals surface area contributed by atoms with Crippen LogP contribution in [0.5, 0.6) is 17.5 Å². The van der Waals surface area contributed by atoms with E-state index in [-0.39, 0.29) is 29.0 Å². The summed E-state index contributed by atoms with van der Waals surface area (Å²) in [5.41, 5.74) is 1.04. The topological polar surface area (TPSA) is 151 Å². The molecule has 0 aliphatic rings. The van der Waals surface area contributed by atoms with Gasteiger partial charge in [-0.25, -0.2) is 14.2 Å². The Bertz CT molecular complexity index is 1240. The van der Waals surface area contributed by atoms with E-state index in [1.807, 2.05) is 6.07 Å². The van der Waals surface area contributed by atoms with Crippen LogP contribution in [-0.2, 0) is 0 Å². The molecule has 0 unspecified atom stereocenters. The minimum absolute atomic E-state index is 0.0505. The van der Waals surface area contributed by atoms with Crippen LogP contribution in [-0.4, -0.2) is 48.5 Å². The van der Waals surface area contributed by atoms with Crippen LogP contribution < -0.4 is 30.2 Å². The number of pyridine rings is 2. The third-order valence-corrected chi connectivity index (χ3v) is 5.17. The molecule has 4 N–H and O–H groups in total. The smallest absolute Gasteiger partial charge is 0.404 e. The maximum Gasteiger partial charge on any atom is 0.404 e. The second kappa shape index (κ2) is 11.6. The van der Waals surface area contributed by atoms with Gasteiger partial charge in [0.1, 0.15) is 11.8 Å². The summed E-state index contributed by atoms with van der Waals surface area (Å²) in [6.45, 7) is 1.63. The number of amides is 1. The minimum Gasteiger partial charge on any atom is -0.497 e. The summed E-state index contributed by atoms with van der Waals surface area (Å²) in [7, 11) is 4.41. The van der Waals surface area contributed by atoms with Crippen molar-refractivity contribution in [3.63, 3.8) is 0 Å². The van der Waals surface area contributed by atoms with Gasteiger partial charge in [0.2, 0.25) is 11.8 Å². The summed E-state index contributed by atoms with van der Waals surface area (Å²) in [6.07, 6.45) is -1.24. The first kappa shape index (κ1) is 25.8. The van der Waals surface area contributed by atoms with Crippen molar-refractivity contribution in [2.45, 2.75) is 19.0 Å². The first-order chi connectivity index (χ1) is 17.3. The van der Waals surface area contributed by atoms with Gasteiger partial charge in [-0.1, -0.05) is 12.1 Å². The highest BCUT2D eigenvalue weighted by Crippen LogP contribution is 2.30. The van der Waals surface area contributed by atoms with Crippen molar-refractivity contribution in [2.24, 2.45) is 0 Å². The Labute approximate surface area is 206 Å². The third kappa shape index (κ3) is 6.20. The number of anilines is 3. The average molecular weight is 496 g/mol. The number of nitrogens with zero attached hydrogens (tertiary/aromatic N) is 3. The van der Waals surface area contributed by atoms with Crippen LogP contribution in [0.1, 0.15) is 24.1 Å². The van der Waals surface area contributed by atoms with Crippen LogP contribution in [0.3, 0.4) is 0 Å². The molecular weight excluding hydrogens is 471 g/mol. The maximum absolute atomic E-state index is 15.0. The molecule has 0 radical (unpaired) electrons. The van der Waals surface area contributed by atoms with E-state index in [0.717, 1.165) is 6.07 Å². The number of rotatable bonds is 10. The largest absolute Gasteiger partial charge is 0.497 e. The molecular formula is C24H25FN6O5. The molecule has 11 nitrogen and oxygen atoms in total. The van der Waals surface area contributed by atoms with Crippen LogP contribution in [0.15, 0.2) is 42.5 Å². The molecule has 0 spiro atoms. The molecule has 0 fully saturated rings. The lowest BCUT2D eigenvalue weighted by Crippen LogP contribution is -2.39. The zero-order valence-corrected chi connectivity index (χ0v) is 20.0. The first-order valence-corrected chi connectivity index (χ1v) is 10.7. The van der Waals surface area contributed by atoms with Gasteiger partial charge in [-0.15, -0.1) is 0 Å². The van der Waals surface area contributed by atoms with Crippen LogP contribution in [0.2, 0.25) is 0 Å². The number of ether oxygens (including phenoxy) is 3. The average Bonchev–Trinajstić information content (AvgIpc) is 2.87. The molecule has 0 saturated carbocycles. The number of nitrogens with one attached hydrogen (secondary N) is 3. The molecule has 36 heavy (non-hydrogen) atoms. The highest BCUT2D eigenvalue weighted by molar-refractivity contribution is 5.67. The van der Waals surface area contributed by atoms with Gasteiger partial charge in [-0.3, -0.25) is 0 Å². The monoisotopic (exact) mass is 496 g/mol. The summed E-state index contributed by atoms with van der Waals surface area (Å²) >= 11 is 0. The molecule has 2 atom stereocenters. The van der Waals surface area contributed by atoms with E-state index in [1.54, 1.807) is 43.3 Å². The van der Waals surface area contributed by atoms with E-state index >= 15 is 4.39 Å². The van der Waals surface area contributed by atoms with Crippen LogP contribution >= 0.6 is 0 Å². The van der Waals surface area contributed by atoms with Crippen LogP contribution in [0, 0.1) is 17.1 Å². The van der Waals surface area contributed by atoms with E-state index in [4.69, 9.17) is 14.2 Å². The van der Waals surface area contributed by atoms with Gasteiger partial charge in [0.15, 0.2) is 17.5 Å². The fraction of sp³-hybridized carbons (Fsp3) is 0.250. The second-order valence-corrected chi connectivity index (χ2v) is 7.53. The van der Waals surface area contributed by atoms with E-state index in [0.29, 0.717) is 17.0 Å². The van der Waals surface area contributed by atoms with Crippen molar-refractivity contribution >= 4 is 23.4 Å². The van der Waals surface area contributed by atoms with Crippen molar-refractivity contribution in [3.05, 3.63) is 59.4 Å². The second-order valence-electron chi connectivity index (χ2n) is 7.53. The lowest BCUT2D eigenvalue weighted by molar-refractivity contribution is 0.189. The summed E-state index contributed by atoms with van der Waals surface area (Å²) in [5, 5.41) is 27.1. The number of halogens is 1. The molecule has 3 rings (SSSR count). The number of carbonyl (C=O) groups is 1. The summed E-state index contributed by atoms with van der Waals surface area (Å²) in [4.78, 5) is 19.7. The third-order valence-electron chi connectivity index (χ3n) is 5.17. The fourth-order valence-corrected chi connectivity index (χ4v) is 3.40. The number of hydrogen-bond acceptors (Lipinski definition) is 9. The van der Waals surface area contributed by atoms with Crippen molar-refractivity contribution < 1.29 is 28.5 Å². The highest BCUT2D eigenvalue weighted by Gasteiger charge is 2.24. The molecule has 12 heteroatoms. The lowest BCUT2D eigenvalue weighted by Gasteiger charge is -2.26. The Hall–Kier alpha value is -4.79. The maximum atomic E-state index is 15.0. The lowest BCUT2D eigenvalue weighted by atomic mass is 10.00. The van der Waals surface area contributed by atoms with E-state index in [1.165, 1.54) is 21.3 Å². The molecule has 2 heterocycles. The number of nitriles is 1. The van der Waals surface area contributed by atoms with Crippen LogP contribution in [0.4, 0.5) is 26.5 Å². The number of benzene rings is 1. The van der Waals surface area contributed by atoms with Gasteiger partial charge < -0.3 is 35.3 Å². The first-order valence-electron chi connectivity index (χ1n) is 10.7. The van der Waals surface area contributed by atoms with Crippen molar-refractivity contribution in [1.29, 1.82) is 5.26 Å². The number of hydrogen-bond donors (Lipinski definition) is 4. The minimum atomic E-state index is -1.24. The van der Waals surface area contributed by atoms with E-state index < -0.39 is 24.0 Å². The quantitative estimate of drug-likeness (QED) is 0.323. The Morgan fingerprint density at radius 2 is 1.67 bits per heavy atom. The molecule has 1 aromatic carbocycles. The van der Waals surface area contributed by atoms with Crippen molar-refractivity contribution in [2.75, 3.05) is 32.0 Å². The molecule has 0 bridgehead atoms. The van der Waals surface area contributed by atoms with Gasteiger partial charge in [0.25, 0.3) is 0 Å². The number of aromatic nitrogens is 2. The van der Waals surface area contributed by atoms with Gasteiger partial charge >= 0.3 is 6.09 Å². The molecule has 1 amide bonds. The Morgan fingerprint density at radius 1 is 1.03 bits per heavy atom. The predicted molar refractivity (Wildman–Crippen MR) is 130 cm³/mol. The highest BCUT2D eigenvalue weighted by atomic mass is 19.1. The van der Waals surface area contributed by atoms with E-state index in [2.05, 4.69) is 25.9 Å². The normalized spacial score (nSPS) is 12.0. The standard InChI is InChI=1S/C24H25FN6O5/c1-13(27-24(32)33)21(14-5-7-17(34-2)8-6-14)30-23-18(25)9-15(12-26)22(31-23)28-16-10-19(35-3)29-20(11-16)36-4/h5-11,13,21,27H,1-4H3,(H,32,33)(H2,28,29,30,31)/t13-,21+/m0/s1. The predicted octanol–water partition coefficient (Wildman–Crippen LogP) is 4.07. The zero-order valence-electron chi connectivity index (χ0n) is 20.0. The summed E-state index contributed by atoms with van der Waals surface area (Å²) in [5.74, 6) is 0.193. The number of carboxylic acid groups (broad SMARTS) is 1. The van der Waals surface area contributed by atoms with Crippen molar-refractivity contribution in [3.8, 4) is 23.6 Å². The van der Waals surface area contributed by atoms with Gasteiger partial charge in [-0.05, 0) is 30.7 Å². The Balaban J connectivity index is 2.00. The Kier molecular flexibility index (Phi) is 8.30.